The Kier molecular flexibility index (Phi) is 5.72. The second kappa shape index (κ2) is 8.83. The predicted molar refractivity (Wildman–Crippen MR) is 124 cm³/mol. The first-order valence-corrected chi connectivity index (χ1v) is 11.9. The number of imidazole rings is 1. The summed E-state index contributed by atoms with van der Waals surface area (Å²) in [4.78, 5) is 12.1. The molecular formula is C23H25N7O2S. The molecule has 170 valence electrons. The highest BCUT2D eigenvalue weighted by Gasteiger charge is 2.28. The van der Waals surface area contributed by atoms with E-state index in [2.05, 4.69) is 52.0 Å². The lowest BCUT2D eigenvalue weighted by atomic mass is 9.92. The molecule has 10 heteroatoms. The van der Waals surface area contributed by atoms with Crippen molar-refractivity contribution in [3.63, 3.8) is 0 Å². The van der Waals surface area contributed by atoms with Gasteiger partial charge in [0.15, 0.2) is 5.82 Å². The zero-order valence-electron chi connectivity index (χ0n) is 18.8. The smallest absolute Gasteiger partial charge is 0.324 e. The second-order valence-corrected chi connectivity index (χ2v) is 9.57. The fourth-order valence-corrected chi connectivity index (χ4v) is 4.80. The Balaban J connectivity index is 1.19. The molecule has 3 aromatic heterocycles. The average Bonchev–Trinajstić information content (AvgIpc) is 3.54. The van der Waals surface area contributed by atoms with Gasteiger partial charge in [-0.1, -0.05) is 31.1 Å². The molecule has 0 aliphatic carbocycles. The van der Waals surface area contributed by atoms with Crippen LogP contribution in [-0.2, 0) is 0 Å². The van der Waals surface area contributed by atoms with Gasteiger partial charge in [0.05, 0.1) is 23.5 Å². The van der Waals surface area contributed by atoms with Gasteiger partial charge >= 0.3 is 6.01 Å². The molecule has 33 heavy (non-hydrogen) atoms. The Morgan fingerprint density at radius 1 is 1.15 bits per heavy atom. The molecule has 1 atom stereocenters. The number of rotatable bonds is 6. The zero-order valence-corrected chi connectivity index (χ0v) is 19.6. The highest BCUT2D eigenvalue weighted by Crippen LogP contribution is 2.30. The molecule has 1 aliphatic rings. The van der Waals surface area contributed by atoms with Gasteiger partial charge in [0.2, 0.25) is 4.96 Å². The summed E-state index contributed by atoms with van der Waals surface area (Å²) >= 11 is 1.44. The maximum atomic E-state index is 8.96. The molecule has 1 fully saturated rings. The van der Waals surface area contributed by atoms with Crippen LogP contribution in [0.15, 0.2) is 35.0 Å². The molecule has 5 rings (SSSR count). The monoisotopic (exact) mass is 463 g/mol. The lowest BCUT2D eigenvalue weighted by Crippen LogP contribution is -2.38. The molecule has 4 heterocycles. The van der Waals surface area contributed by atoms with Crippen molar-refractivity contribution in [2.24, 2.45) is 5.92 Å². The largest absolute Gasteiger partial charge is 0.466 e. The molecule has 1 unspecified atom stereocenters. The third-order valence-electron chi connectivity index (χ3n) is 6.04. The Hall–Kier alpha value is -3.45. The highest BCUT2D eigenvalue weighted by atomic mass is 32.1. The first kappa shape index (κ1) is 21.4. The molecular weight excluding hydrogens is 438 g/mol. The van der Waals surface area contributed by atoms with Crippen molar-refractivity contribution in [2.75, 3.05) is 18.0 Å². The number of anilines is 1. The summed E-state index contributed by atoms with van der Waals surface area (Å²) in [5, 5.41) is 18.2. The van der Waals surface area contributed by atoms with Crippen LogP contribution in [0.5, 0.6) is 5.19 Å². The predicted octanol–water partition coefficient (Wildman–Crippen LogP) is 4.52. The molecule has 1 aromatic carbocycles. The van der Waals surface area contributed by atoms with Crippen LogP contribution in [0.4, 0.5) is 6.01 Å². The van der Waals surface area contributed by atoms with E-state index in [4.69, 9.17) is 14.5 Å². The SMILES string of the molecule is CC(C)c1noc(N2CCC(C(C)Oc3nn4cc(-c5ccc(C#N)cc5)nc4s3)CC2)n1. The van der Waals surface area contributed by atoms with Crippen molar-refractivity contribution < 1.29 is 9.26 Å². The van der Waals surface area contributed by atoms with Crippen LogP contribution in [0.3, 0.4) is 0 Å². The minimum Gasteiger partial charge on any atom is -0.466 e. The fraction of sp³-hybridized carbons (Fsp3) is 0.435. The minimum absolute atomic E-state index is 0.0508. The molecule has 4 aromatic rings. The molecule has 1 saturated heterocycles. The van der Waals surface area contributed by atoms with Crippen molar-refractivity contribution in [3.8, 4) is 22.5 Å². The third kappa shape index (κ3) is 4.41. The molecule has 0 radical (unpaired) electrons. The molecule has 0 N–H and O–H groups in total. The lowest BCUT2D eigenvalue weighted by molar-refractivity contribution is 0.130. The number of ether oxygens (including phenoxy) is 1. The van der Waals surface area contributed by atoms with Gasteiger partial charge < -0.3 is 14.2 Å². The van der Waals surface area contributed by atoms with Gasteiger partial charge in [-0.3, -0.25) is 0 Å². The first-order chi connectivity index (χ1) is 16.0. The van der Waals surface area contributed by atoms with E-state index in [9.17, 15) is 0 Å². The summed E-state index contributed by atoms with van der Waals surface area (Å²) in [6, 6.07) is 10.1. The summed E-state index contributed by atoms with van der Waals surface area (Å²) < 4.78 is 13.4. The van der Waals surface area contributed by atoms with Gasteiger partial charge in [-0.25, -0.2) is 9.50 Å². The average molecular weight is 464 g/mol. The lowest BCUT2D eigenvalue weighted by Gasteiger charge is -2.33. The van der Waals surface area contributed by atoms with E-state index < -0.39 is 0 Å². The van der Waals surface area contributed by atoms with Gasteiger partial charge in [-0.15, -0.1) is 5.10 Å². The van der Waals surface area contributed by atoms with E-state index in [0.717, 1.165) is 48.0 Å². The van der Waals surface area contributed by atoms with Gasteiger partial charge in [-0.2, -0.15) is 10.2 Å². The van der Waals surface area contributed by atoms with Crippen LogP contribution in [0, 0.1) is 17.2 Å². The normalized spacial score (nSPS) is 15.8. The molecule has 0 amide bonds. The van der Waals surface area contributed by atoms with E-state index in [1.54, 1.807) is 16.6 Å². The summed E-state index contributed by atoms with van der Waals surface area (Å²) in [5.74, 6) is 1.44. The highest BCUT2D eigenvalue weighted by molar-refractivity contribution is 7.18. The molecule has 0 saturated carbocycles. The number of fused-ring (bicyclic) bond motifs is 1. The maximum absolute atomic E-state index is 8.96. The fourth-order valence-electron chi connectivity index (χ4n) is 3.99. The number of aromatic nitrogens is 5. The zero-order chi connectivity index (χ0) is 22.9. The van der Waals surface area contributed by atoms with Crippen molar-refractivity contribution >= 4 is 22.3 Å². The Morgan fingerprint density at radius 3 is 2.55 bits per heavy atom. The minimum atomic E-state index is 0.0508. The molecule has 0 spiro atoms. The third-order valence-corrected chi connectivity index (χ3v) is 6.86. The number of nitrogens with zero attached hydrogens (tertiary/aromatic N) is 7. The maximum Gasteiger partial charge on any atom is 0.324 e. The van der Waals surface area contributed by atoms with Gasteiger partial charge in [0, 0.05) is 24.6 Å². The topological polar surface area (TPSA) is 105 Å². The van der Waals surface area contributed by atoms with Gasteiger partial charge in [-0.05, 0) is 49.2 Å². The number of piperidine rings is 1. The summed E-state index contributed by atoms with van der Waals surface area (Å²) in [6.07, 6.45) is 3.92. The molecule has 0 bridgehead atoms. The standard InChI is InChI=1S/C23H25N7O2S/c1-14(2)20-26-21(32-28-20)29-10-8-17(9-11-29)15(3)31-23-27-30-13-19(25-22(30)33-23)18-6-4-16(12-24)5-7-18/h4-7,13-15,17H,8-11H2,1-3H3. The Labute approximate surface area is 195 Å². The van der Waals surface area contributed by atoms with E-state index >= 15 is 0 Å². The van der Waals surface area contributed by atoms with Crippen molar-refractivity contribution in [3.05, 3.63) is 41.9 Å². The molecule has 9 nitrogen and oxygen atoms in total. The number of benzene rings is 1. The quantitative estimate of drug-likeness (QED) is 0.411. The van der Waals surface area contributed by atoms with Crippen LogP contribution in [0.2, 0.25) is 0 Å². The number of hydrogen-bond donors (Lipinski definition) is 0. The summed E-state index contributed by atoms with van der Waals surface area (Å²) in [6.45, 7) is 7.96. The van der Waals surface area contributed by atoms with E-state index in [0.29, 0.717) is 22.7 Å². The van der Waals surface area contributed by atoms with Crippen molar-refractivity contribution in [2.45, 2.75) is 45.6 Å². The number of hydrogen-bond acceptors (Lipinski definition) is 9. The van der Waals surface area contributed by atoms with Crippen molar-refractivity contribution in [1.29, 1.82) is 5.26 Å². The second-order valence-electron chi connectivity index (χ2n) is 8.65. The summed E-state index contributed by atoms with van der Waals surface area (Å²) in [5.41, 5.74) is 2.41. The van der Waals surface area contributed by atoms with Crippen LogP contribution in [-0.4, -0.2) is 43.9 Å². The van der Waals surface area contributed by atoms with Crippen molar-refractivity contribution in [1.82, 2.24) is 24.7 Å². The Morgan fingerprint density at radius 2 is 1.91 bits per heavy atom. The number of nitriles is 1. The van der Waals surface area contributed by atoms with Crippen LogP contribution < -0.4 is 9.64 Å². The van der Waals surface area contributed by atoms with E-state index in [-0.39, 0.29) is 12.0 Å². The van der Waals surface area contributed by atoms with Gasteiger partial charge in [0.1, 0.15) is 6.10 Å². The van der Waals surface area contributed by atoms with Crippen LogP contribution in [0.25, 0.3) is 16.2 Å². The van der Waals surface area contributed by atoms with E-state index in [1.807, 2.05) is 18.3 Å². The summed E-state index contributed by atoms with van der Waals surface area (Å²) in [7, 11) is 0. The van der Waals surface area contributed by atoms with Crippen LogP contribution >= 0.6 is 11.3 Å². The Bertz CT molecular complexity index is 1240. The first-order valence-electron chi connectivity index (χ1n) is 11.1. The van der Waals surface area contributed by atoms with Crippen LogP contribution in [0.1, 0.15) is 50.9 Å². The van der Waals surface area contributed by atoms with E-state index in [1.165, 1.54) is 11.3 Å². The van der Waals surface area contributed by atoms with Gasteiger partial charge in [0.25, 0.3) is 5.19 Å². The molecule has 1 aliphatic heterocycles.